The number of halogens is 1. The monoisotopic (exact) mass is 426 g/mol. The van der Waals surface area contributed by atoms with Crippen LogP contribution in [0.5, 0.6) is 5.75 Å². The minimum Gasteiger partial charge on any atom is -0.497 e. The van der Waals surface area contributed by atoms with Crippen molar-refractivity contribution in [3.8, 4) is 22.7 Å². The maximum Gasteiger partial charge on any atom is 0.224 e. The molecule has 1 fully saturated rings. The molecule has 6 nitrogen and oxygen atoms in total. The second kappa shape index (κ2) is 10.3. The zero-order valence-corrected chi connectivity index (χ0v) is 17.8. The van der Waals surface area contributed by atoms with Gasteiger partial charge in [0.25, 0.3) is 0 Å². The summed E-state index contributed by atoms with van der Waals surface area (Å²) in [5.41, 5.74) is 3.63. The van der Waals surface area contributed by atoms with Gasteiger partial charge in [-0.25, -0.2) is 4.68 Å². The highest BCUT2D eigenvalue weighted by Gasteiger charge is 2.18. The fourth-order valence-electron chi connectivity index (χ4n) is 3.65. The van der Waals surface area contributed by atoms with Crippen LogP contribution in [-0.4, -0.2) is 41.9 Å². The van der Waals surface area contributed by atoms with Crippen LogP contribution in [0.2, 0.25) is 0 Å². The van der Waals surface area contributed by atoms with E-state index >= 15 is 0 Å². The van der Waals surface area contributed by atoms with Crippen molar-refractivity contribution in [1.82, 2.24) is 20.4 Å². The first-order valence-electron chi connectivity index (χ1n) is 10.0. The van der Waals surface area contributed by atoms with Gasteiger partial charge in [-0.1, -0.05) is 18.2 Å². The van der Waals surface area contributed by atoms with E-state index in [1.165, 1.54) is 6.42 Å². The average molecular weight is 427 g/mol. The summed E-state index contributed by atoms with van der Waals surface area (Å²) in [5, 5.41) is 11.2. The first-order chi connectivity index (χ1) is 14.2. The van der Waals surface area contributed by atoms with Gasteiger partial charge in [0.05, 0.1) is 24.9 Å². The van der Waals surface area contributed by atoms with Gasteiger partial charge >= 0.3 is 0 Å². The predicted molar refractivity (Wildman–Crippen MR) is 121 cm³/mol. The summed E-state index contributed by atoms with van der Waals surface area (Å²) in [4.78, 5) is 12.6. The minimum absolute atomic E-state index is 0. The van der Waals surface area contributed by atoms with Crippen molar-refractivity contribution < 1.29 is 9.53 Å². The van der Waals surface area contributed by atoms with E-state index in [0.717, 1.165) is 41.2 Å². The van der Waals surface area contributed by atoms with Gasteiger partial charge in [-0.2, -0.15) is 5.10 Å². The Hall–Kier alpha value is -2.83. The van der Waals surface area contributed by atoms with Crippen LogP contribution >= 0.6 is 12.4 Å². The van der Waals surface area contributed by atoms with Crippen molar-refractivity contribution >= 4 is 18.3 Å². The molecular formula is C23H27ClN4O2. The largest absolute Gasteiger partial charge is 0.497 e. The molecule has 1 amide bonds. The highest BCUT2D eigenvalue weighted by atomic mass is 35.5. The number of ether oxygens (including phenoxy) is 1. The normalized spacial score (nSPS) is 15.4. The molecule has 1 aromatic heterocycles. The summed E-state index contributed by atoms with van der Waals surface area (Å²) < 4.78 is 7.09. The van der Waals surface area contributed by atoms with Crippen LogP contribution in [0.15, 0.2) is 60.8 Å². The third kappa shape index (κ3) is 5.20. The minimum atomic E-state index is 0. The van der Waals surface area contributed by atoms with Gasteiger partial charge in [-0.3, -0.25) is 4.79 Å². The van der Waals surface area contributed by atoms with Crippen LogP contribution in [-0.2, 0) is 11.2 Å². The van der Waals surface area contributed by atoms with E-state index < -0.39 is 0 Å². The van der Waals surface area contributed by atoms with Gasteiger partial charge in [0, 0.05) is 29.9 Å². The SMILES string of the molecule is COc1ccc(-c2nn(-c3ccccc3)cc2CC(=O)NCC2CCCN2)cc1.Cl. The molecule has 30 heavy (non-hydrogen) atoms. The third-order valence-corrected chi connectivity index (χ3v) is 5.23. The second-order valence-electron chi connectivity index (χ2n) is 7.29. The van der Waals surface area contributed by atoms with Crippen LogP contribution in [0.25, 0.3) is 16.9 Å². The topological polar surface area (TPSA) is 68.2 Å². The fourth-order valence-corrected chi connectivity index (χ4v) is 3.65. The number of methoxy groups -OCH3 is 1. The molecule has 3 aromatic rings. The van der Waals surface area contributed by atoms with Gasteiger partial charge < -0.3 is 15.4 Å². The lowest BCUT2D eigenvalue weighted by Gasteiger charge is -2.11. The first-order valence-corrected chi connectivity index (χ1v) is 10.0. The van der Waals surface area contributed by atoms with E-state index in [0.29, 0.717) is 19.0 Å². The van der Waals surface area contributed by atoms with E-state index in [1.54, 1.807) is 7.11 Å². The molecule has 1 aliphatic rings. The maximum atomic E-state index is 12.6. The molecule has 1 unspecified atom stereocenters. The predicted octanol–water partition coefficient (Wildman–Crippen LogP) is 3.38. The smallest absolute Gasteiger partial charge is 0.224 e. The molecule has 2 N–H and O–H groups in total. The zero-order valence-electron chi connectivity index (χ0n) is 17.0. The summed E-state index contributed by atoms with van der Waals surface area (Å²) in [7, 11) is 1.65. The Bertz CT molecular complexity index is 951. The molecule has 2 aromatic carbocycles. The van der Waals surface area contributed by atoms with Crippen molar-refractivity contribution in [3.05, 3.63) is 66.4 Å². The number of rotatable bonds is 7. The molecule has 1 atom stereocenters. The number of hydrogen-bond acceptors (Lipinski definition) is 4. The van der Waals surface area contributed by atoms with Crippen LogP contribution in [0.4, 0.5) is 0 Å². The Kier molecular flexibility index (Phi) is 7.49. The number of aromatic nitrogens is 2. The number of benzene rings is 2. The molecule has 0 aliphatic carbocycles. The Morgan fingerprint density at radius 2 is 1.97 bits per heavy atom. The second-order valence-corrected chi connectivity index (χ2v) is 7.29. The van der Waals surface area contributed by atoms with E-state index in [9.17, 15) is 4.79 Å². The first kappa shape index (κ1) is 21.9. The van der Waals surface area contributed by atoms with Crippen LogP contribution in [0.3, 0.4) is 0 Å². The molecule has 1 saturated heterocycles. The van der Waals surface area contributed by atoms with Crippen molar-refractivity contribution in [2.45, 2.75) is 25.3 Å². The number of carbonyl (C=O) groups is 1. The molecule has 1 aliphatic heterocycles. The Morgan fingerprint density at radius 3 is 2.63 bits per heavy atom. The van der Waals surface area contributed by atoms with E-state index in [1.807, 2.05) is 65.5 Å². The van der Waals surface area contributed by atoms with Gasteiger partial charge in [-0.15, -0.1) is 12.4 Å². The Balaban J connectivity index is 0.00000256. The summed E-state index contributed by atoms with van der Waals surface area (Å²) in [6, 6.07) is 18.1. The number of carbonyl (C=O) groups excluding carboxylic acids is 1. The van der Waals surface area contributed by atoms with Crippen molar-refractivity contribution in [1.29, 1.82) is 0 Å². The lowest BCUT2D eigenvalue weighted by atomic mass is 10.1. The zero-order chi connectivity index (χ0) is 20.1. The fraction of sp³-hybridized carbons (Fsp3) is 0.304. The Labute approximate surface area is 183 Å². The lowest BCUT2D eigenvalue weighted by molar-refractivity contribution is -0.120. The van der Waals surface area contributed by atoms with Crippen molar-refractivity contribution in [3.63, 3.8) is 0 Å². The number of nitrogens with zero attached hydrogens (tertiary/aromatic N) is 2. The Morgan fingerprint density at radius 1 is 1.20 bits per heavy atom. The van der Waals surface area contributed by atoms with E-state index in [-0.39, 0.29) is 18.3 Å². The van der Waals surface area contributed by atoms with Crippen LogP contribution < -0.4 is 15.4 Å². The molecule has 158 valence electrons. The molecule has 0 bridgehead atoms. The van der Waals surface area contributed by atoms with Crippen molar-refractivity contribution in [2.24, 2.45) is 0 Å². The maximum absolute atomic E-state index is 12.6. The van der Waals surface area contributed by atoms with Gasteiger partial charge in [-0.05, 0) is 55.8 Å². The summed E-state index contributed by atoms with van der Waals surface area (Å²) in [6.45, 7) is 1.70. The molecular weight excluding hydrogens is 400 g/mol. The van der Waals surface area contributed by atoms with Gasteiger partial charge in [0.15, 0.2) is 0 Å². The average Bonchev–Trinajstić information content (AvgIpc) is 3.43. The number of hydrogen-bond donors (Lipinski definition) is 2. The summed E-state index contributed by atoms with van der Waals surface area (Å²) in [5.74, 6) is 0.806. The number of para-hydroxylation sites is 1. The molecule has 0 radical (unpaired) electrons. The standard InChI is InChI=1S/C23H26N4O2.ClH/c1-29-21-11-9-17(10-12-21)23-18(14-22(28)25-15-19-6-5-13-24-19)16-27(26-23)20-7-3-2-4-8-20;/h2-4,7-12,16,19,24H,5-6,13-15H2,1H3,(H,25,28);1H. The summed E-state index contributed by atoms with van der Waals surface area (Å²) >= 11 is 0. The molecule has 0 spiro atoms. The quantitative estimate of drug-likeness (QED) is 0.607. The van der Waals surface area contributed by atoms with Crippen molar-refractivity contribution in [2.75, 3.05) is 20.2 Å². The van der Waals surface area contributed by atoms with Gasteiger partial charge in [0.1, 0.15) is 5.75 Å². The lowest BCUT2D eigenvalue weighted by Crippen LogP contribution is -2.37. The number of nitrogens with one attached hydrogen (secondary N) is 2. The molecule has 4 rings (SSSR count). The van der Waals surface area contributed by atoms with Crippen LogP contribution in [0, 0.1) is 0 Å². The molecule has 0 saturated carbocycles. The van der Waals surface area contributed by atoms with E-state index in [2.05, 4.69) is 10.6 Å². The summed E-state index contributed by atoms with van der Waals surface area (Å²) in [6.07, 6.45) is 4.53. The number of amides is 1. The highest BCUT2D eigenvalue weighted by Crippen LogP contribution is 2.26. The van der Waals surface area contributed by atoms with Gasteiger partial charge in [0.2, 0.25) is 5.91 Å². The van der Waals surface area contributed by atoms with E-state index in [4.69, 9.17) is 9.84 Å². The highest BCUT2D eigenvalue weighted by molar-refractivity contribution is 5.85. The third-order valence-electron chi connectivity index (χ3n) is 5.23. The molecule has 7 heteroatoms. The van der Waals surface area contributed by atoms with Crippen LogP contribution in [0.1, 0.15) is 18.4 Å². The molecule has 2 heterocycles.